The van der Waals surface area contributed by atoms with Gasteiger partial charge in [-0.05, 0) is 47.2 Å². The number of allylic oxidation sites excluding steroid dienone is 1. The molecule has 0 spiro atoms. The highest BCUT2D eigenvalue weighted by atomic mass is 32.1. The number of rotatable bonds is 10. The molecule has 0 amide bonds. The first-order valence-corrected chi connectivity index (χ1v) is 11.2. The molecular weight excluding hydrogens is 360 g/mol. The van der Waals surface area contributed by atoms with Crippen LogP contribution in [0.3, 0.4) is 0 Å². The lowest BCUT2D eigenvalue weighted by atomic mass is 10.0. The minimum atomic E-state index is 0.649. The summed E-state index contributed by atoms with van der Waals surface area (Å²) in [5.74, 6) is 0. The highest BCUT2D eigenvalue weighted by Gasteiger charge is 2.05. The summed E-state index contributed by atoms with van der Waals surface area (Å²) in [5.41, 5.74) is 5.19. The van der Waals surface area contributed by atoms with E-state index in [9.17, 15) is 0 Å². The molecule has 1 aromatic heterocycles. The zero-order valence-corrected chi connectivity index (χ0v) is 17.8. The molecule has 0 aliphatic carbocycles. The summed E-state index contributed by atoms with van der Waals surface area (Å²) < 4.78 is 5.84. The maximum atomic E-state index is 5.84. The van der Waals surface area contributed by atoms with Crippen LogP contribution in [-0.2, 0) is 6.42 Å². The van der Waals surface area contributed by atoms with E-state index in [0.29, 0.717) is 6.61 Å². The summed E-state index contributed by atoms with van der Waals surface area (Å²) in [6, 6.07) is 22.0. The summed E-state index contributed by atoms with van der Waals surface area (Å²) >= 11 is 1.71. The molecule has 0 unspecified atom stereocenters. The highest BCUT2D eigenvalue weighted by Crippen LogP contribution is 2.34. The smallest absolute Gasteiger partial charge is 0.174 e. The van der Waals surface area contributed by atoms with Crippen LogP contribution >= 0.6 is 11.3 Å². The summed E-state index contributed by atoms with van der Waals surface area (Å²) in [7, 11) is 0. The van der Waals surface area contributed by atoms with E-state index in [0.717, 1.165) is 17.9 Å². The molecule has 2 heteroatoms. The summed E-state index contributed by atoms with van der Waals surface area (Å²) in [4.78, 5) is 1.25. The molecule has 0 aliphatic rings. The zero-order valence-electron chi connectivity index (χ0n) is 17.0. The fourth-order valence-electron chi connectivity index (χ4n) is 3.17. The fraction of sp³-hybridized carbons (Fsp3) is 0.308. The first kappa shape index (κ1) is 20.4. The van der Waals surface area contributed by atoms with Crippen molar-refractivity contribution in [2.75, 3.05) is 6.61 Å². The van der Waals surface area contributed by atoms with Crippen molar-refractivity contribution in [3.05, 3.63) is 78.4 Å². The minimum absolute atomic E-state index is 0.649. The molecule has 146 valence electrons. The van der Waals surface area contributed by atoms with Gasteiger partial charge in [0.15, 0.2) is 5.06 Å². The van der Waals surface area contributed by atoms with Crippen LogP contribution in [0.25, 0.3) is 21.6 Å². The summed E-state index contributed by atoms with van der Waals surface area (Å²) in [5, 5.41) is 0.978. The second-order valence-corrected chi connectivity index (χ2v) is 8.11. The molecule has 0 N–H and O–H groups in total. The van der Waals surface area contributed by atoms with Gasteiger partial charge in [0.1, 0.15) is 6.61 Å². The Bertz CT molecular complexity index is 856. The van der Waals surface area contributed by atoms with Crippen molar-refractivity contribution in [2.45, 2.75) is 46.0 Å². The SMILES string of the molecule is CCCC/C=C/COc1ccc(-c2ccc(-c3ccc(CCC)cc3)cc2)s1. The Morgan fingerprint density at radius 2 is 1.43 bits per heavy atom. The Labute approximate surface area is 173 Å². The first-order valence-electron chi connectivity index (χ1n) is 10.4. The maximum Gasteiger partial charge on any atom is 0.174 e. The van der Waals surface area contributed by atoms with Crippen LogP contribution in [-0.4, -0.2) is 6.61 Å². The Kier molecular flexibility index (Phi) is 7.93. The molecule has 0 radical (unpaired) electrons. The summed E-state index contributed by atoms with van der Waals surface area (Å²) in [6.07, 6.45) is 10.3. The van der Waals surface area contributed by atoms with Crippen molar-refractivity contribution in [1.29, 1.82) is 0 Å². The molecule has 2 aromatic carbocycles. The van der Waals surface area contributed by atoms with Crippen molar-refractivity contribution >= 4 is 11.3 Å². The van der Waals surface area contributed by atoms with Crippen LogP contribution < -0.4 is 4.74 Å². The lowest BCUT2D eigenvalue weighted by Gasteiger charge is -2.05. The molecule has 0 atom stereocenters. The van der Waals surface area contributed by atoms with Crippen molar-refractivity contribution in [3.8, 4) is 26.6 Å². The van der Waals surface area contributed by atoms with Gasteiger partial charge >= 0.3 is 0 Å². The van der Waals surface area contributed by atoms with Crippen LogP contribution in [0.1, 0.15) is 45.1 Å². The van der Waals surface area contributed by atoms with E-state index in [4.69, 9.17) is 4.74 Å². The average Bonchev–Trinajstić information content (AvgIpc) is 3.21. The topological polar surface area (TPSA) is 9.23 Å². The van der Waals surface area contributed by atoms with Gasteiger partial charge in [-0.1, -0.05) is 105 Å². The van der Waals surface area contributed by atoms with Crippen LogP contribution in [0.2, 0.25) is 0 Å². The second-order valence-electron chi connectivity index (χ2n) is 7.07. The number of thiophene rings is 1. The molecule has 0 fully saturated rings. The van der Waals surface area contributed by atoms with Crippen LogP contribution in [0, 0.1) is 0 Å². The van der Waals surface area contributed by atoms with Crippen molar-refractivity contribution in [3.63, 3.8) is 0 Å². The minimum Gasteiger partial charge on any atom is -0.480 e. The Balaban J connectivity index is 1.59. The molecule has 3 aromatic rings. The molecule has 3 rings (SSSR count). The number of hydrogen-bond acceptors (Lipinski definition) is 2. The molecule has 0 saturated carbocycles. The van der Waals surface area contributed by atoms with Gasteiger partial charge in [0, 0.05) is 4.88 Å². The van der Waals surface area contributed by atoms with Crippen molar-refractivity contribution in [2.24, 2.45) is 0 Å². The van der Waals surface area contributed by atoms with E-state index in [1.54, 1.807) is 11.3 Å². The van der Waals surface area contributed by atoms with Crippen LogP contribution in [0.4, 0.5) is 0 Å². The van der Waals surface area contributed by atoms with Crippen molar-refractivity contribution < 1.29 is 4.74 Å². The second kappa shape index (κ2) is 10.9. The van der Waals surface area contributed by atoms with Gasteiger partial charge in [0.25, 0.3) is 0 Å². The van der Waals surface area contributed by atoms with E-state index in [1.807, 2.05) is 0 Å². The fourth-order valence-corrected chi connectivity index (χ4v) is 4.04. The third kappa shape index (κ3) is 5.84. The molecule has 1 nitrogen and oxygen atoms in total. The molecule has 0 saturated heterocycles. The standard InChI is InChI=1S/C26H30OS/c1-3-5-6-7-8-20-27-26-19-18-25(28-26)24-16-14-23(15-17-24)22-12-10-21(9-4-2)11-13-22/h7-8,10-19H,3-6,9,20H2,1-2H3/b8-7+. The third-order valence-corrected chi connectivity index (χ3v) is 5.84. The van der Waals surface area contributed by atoms with Gasteiger partial charge in [-0.25, -0.2) is 0 Å². The number of ether oxygens (including phenoxy) is 1. The first-order chi connectivity index (χ1) is 13.8. The predicted molar refractivity (Wildman–Crippen MR) is 123 cm³/mol. The Morgan fingerprint density at radius 3 is 2.11 bits per heavy atom. The van der Waals surface area contributed by atoms with Gasteiger partial charge in [0.05, 0.1) is 0 Å². The van der Waals surface area contributed by atoms with Gasteiger partial charge in [-0.15, -0.1) is 0 Å². The summed E-state index contributed by atoms with van der Waals surface area (Å²) in [6.45, 7) is 5.09. The number of aryl methyl sites for hydroxylation is 1. The van der Waals surface area contributed by atoms with Crippen LogP contribution in [0.15, 0.2) is 72.8 Å². The number of benzene rings is 2. The maximum absolute atomic E-state index is 5.84. The molecular formula is C26H30OS. The molecule has 28 heavy (non-hydrogen) atoms. The van der Waals surface area contributed by atoms with Gasteiger partial charge in [-0.2, -0.15) is 0 Å². The van der Waals surface area contributed by atoms with Crippen molar-refractivity contribution in [1.82, 2.24) is 0 Å². The Morgan fingerprint density at radius 1 is 0.750 bits per heavy atom. The van der Waals surface area contributed by atoms with Gasteiger partial charge in [0.2, 0.25) is 0 Å². The Hall–Kier alpha value is -2.32. The van der Waals surface area contributed by atoms with Crippen LogP contribution in [0.5, 0.6) is 5.06 Å². The van der Waals surface area contributed by atoms with E-state index in [-0.39, 0.29) is 0 Å². The monoisotopic (exact) mass is 390 g/mol. The quantitative estimate of drug-likeness (QED) is 0.250. The molecule has 0 bridgehead atoms. The van der Waals surface area contributed by atoms with E-state index in [1.165, 1.54) is 46.4 Å². The molecule has 0 aliphatic heterocycles. The number of hydrogen-bond donors (Lipinski definition) is 0. The largest absolute Gasteiger partial charge is 0.480 e. The van der Waals surface area contributed by atoms with E-state index < -0.39 is 0 Å². The predicted octanol–water partition coefficient (Wildman–Crippen LogP) is 8.16. The zero-order chi connectivity index (χ0) is 19.6. The average molecular weight is 391 g/mol. The molecule has 1 heterocycles. The van der Waals surface area contributed by atoms with Gasteiger partial charge in [-0.3, -0.25) is 0 Å². The lowest BCUT2D eigenvalue weighted by Crippen LogP contribution is -1.90. The lowest BCUT2D eigenvalue weighted by molar-refractivity contribution is 0.373. The normalized spacial score (nSPS) is 11.2. The van der Waals surface area contributed by atoms with Gasteiger partial charge < -0.3 is 4.74 Å². The third-order valence-electron chi connectivity index (χ3n) is 4.79. The van der Waals surface area contributed by atoms with E-state index >= 15 is 0 Å². The highest BCUT2D eigenvalue weighted by molar-refractivity contribution is 7.17. The number of unbranched alkanes of at least 4 members (excludes halogenated alkanes) is 2. The van der Waals surface area contributed by atoms with E-state index in [2.05, 4.69) is 86.7 Å².